The highest BCUT2D eigenvalue weighted by Crippen LogP contribution is 2.32. The molecule has 0 radical (unpaired) electrons. The average Bonchev–Trinajstić information content (AvgIpc) is 2.60. The number of ether oxygens (including phenoxy) is 4. The highest BCUT2D eigenvalue weighted by Gasteiger charge is 2.32. The highest BCUT2D eigenvalue weighted by molar-refractivity contribution is 5.68. The van der Waals surface area contributed by atoms with E-state index in [2.05, 4.69) is 5.32 Å². The van der Waals surface area contributed by atoms with Crippen LogP contribution >= 0.6 is 0 Å². The normalized spacial score (nSPS) is 13.9. The number of hydrogen-bond acceptors (Lipinski definition) is 8. The van der Waals surface area contributed by atoms with Gasteiger partial charge >= 0.3 is 12.3 Å². The van der Waals surface area contributed by atoms with E-state index in [0.717, 1.165) is 0 Å². The van der Waals surface area contributed by atoms with Crippen LogP contribution < -0.4 is 10.2 Å². The third kappa shape index (κ3) is 4.47. The van der Waals surface area contributed by atoms with Gasteiger partial charge in [0.15, 0.2) is 0 Å². The summed E-state index contributed by atoms with van der Waals surface area (Å²) < 4.78 is 20.4. The number of allylic oxidation sites excluding steroid dienone is 2. The van der Waals surface area contributed by atoms with Gasteiger partial charge < -0.3 is 24.3 Å². The Labute approximate surface area is 152 Å². The van der Waals surface area contributed by atoms with Gasteiger partial charge in [0.25, 0.3) is 0 Å². The van der Waals surface area contributed by atoms with Crippen LogP contribution in [0.15, 0.2) is 53.5 Å². The lowest BCUT2D eigenvalue weighted by Crippen LogP contribution is -2.37. The lowest BCUT2D eigenvalue weighted by molar-refractivity contribution is 0.0690. The van der Waals surface area contributed by atoms with Crippen molar-refractivity contribution in [2.45, 2.75) is 27.7 Å². The number of benzene rings is 1. The molecule has 1 aromatic carbocycles. The Bertz CT molecular complexity index is 684. The van der Waals surface area contributed by atoms with Crippen LogP contribution in [0, 0.1) is 0 Å². The van der Waals surface area contributed by atoms with Crippen molar-refractivity contribution < 1.29 is 28.5 Å². The van der Waals surface area contributed by atoms with Gasteiger partial charge in [0.2, 0.25) is 11.8 Å². The fraction of sp³-hybridized carbons (Fsp3) is 0.333. The minimum atomic E-state index is -0.861. The standard InChI is InChI=1S/C18H22N2O6/c1-5-23-17(21)25-15-12(3)19-13(4)16(26-18(22)24-6-2)20(15)14-10-8-7-9-11-14/h7-11,19H,5-6H2,1-4H3. The predicted octanol–water partition coefficient (Wildman–Crippen LogP) is 3.82. The van der Waals surface area contributed by atoms with Gasteiger partial charge in [-0.15, -0.1) is 0 Å². The molecule has 1 aliphatic rings. The van der Waals surface area contributed by atoms with E-state index in [9.17, 15) is 9.59 Å². The number of rotatable bonds is 5. The van der Waals surface area contributed by atoms with Crippen LogP contribution in [0.5, 0.6) is 0 Å². The summed E-state index contributed by atoms with van der Waals surface area (Å²) in [4.78, 5) is 25.2. The van der Waals surface area contributed by atoms with E-state index in [0.29, 0.717) is 17.1 Å². The predicted molar refractivity (Wildman–Crippen MR) is 93.7 cm³/mol. The first kappa shape index (κ1) is 19.2. The maximum absolute atomic E-state index is 11.9. The van der Waals surface area contributed by atoms with Crippen molar-refractivity contribution in [2.24, 2.45) is 0 Å². The summed E-state index contributed by atoms with van der Waals surface area (Å²) in [6.07, 6.45) is -1.72. The second-order valence-electron chi connectivity index (χ2n) is 5.23. The number of para-hydroxylation sites is 1. The number of carbonyl (C=O) groups excluding carboxylic acids is 2. The number of hydrogen-bond donors (Lipinski definition) is 1. The van der Waals surface area contributed by atoms with Crippen LogP contribution in [0.4, 0.5) is 15.3 Å². The Morgan fingerprint density at radius 3 is 1.77 bits per heavy atom. The minimum Gasteiger partial charge on any atom is -0.434 e. The Kier molecular flexibility index (Phi) is 6.48. The molecule has 140 valence electrons. The molecule has 0 amide bonds. The molecule has 0 spiro atoms. The lowest BCUT2D eigenvalue weighted by Gasteiger charge is -2.33. The smallest absolute Gasteiger partial charge is 0.434 e. The first-order valence-electron chi connectivity index (χ1n) is 8.21. The largest absolute Gasteiger partial charge is 0.515 e. The zero-order valence-corrected chi connectivity index (χ0v) is 15.2. The van der Waals surface area contributed by atoms with Gasteiger partial charge in [0, 0.05) is 0 Å². The molecule has 1 N–H and O–H groups in total. The zero-order chi connectivity index (χ0) is 19.1. The summed E-state index contributed by atoms with van der Waals surface area (Å²) in [7, 11) is 0. The molecule has 0 atom stereocenters. The van der Waals surface area contributed by atoms with E-state index in [1.807, 2.05) is 18.2 Å². The zero-order valence-electron chi connectivity index (χ0n) is 15.2. The van der Waals surface area contributed by atoms with E-state index >= 15 is 0 Å². The molecule has 0 saturated heterocycles. The van der Waals surface area contributed by atoms with Crippen LogP contribution in [0.25, 0.3) is 0 Å². The molecule has 1 heterocycles. The molecule has 8 nitrogen and oxygen atoms in total. The molecule has 0 saturated carbocycles. The number of nitrogens with zero attached hydrogens (tertiary/aromatic N) is 1. The van der Waals surface area contributed by atoms with Crippen LogP contribution in [-0.4, -0.2) is 25.5 Å². The van der Waals surface area contributed by atoms with Gasteiger partial charge in [-0.05, 0) is 39.8 Å². The second-order valence-corrected chi connectivity index (χ2v) is 5.23. The van der Waals surface area contributed by atoms with Crippen LogP contribution in [0.2, 0.25) is 0 Å². The lowest BCUT2D eigenvalue weighted by atomic mass is 10.2. The first-order valence-corrected chi connectivity index (χ1v) is 8.21. The van der Waals surface area contributed by atoms with Crippen LogP contribution in [-0.2, 0) is 18.9 Å². The Balaban J connectivity index is 2.44. The minimum absolute atomic E-state index is 0.138. The summed E-state index contributed by atoms with van der Waals surface area (Å²) in [6, 6.07) is 9.04. The van der Waals surface area contributed by atoms with E-state index in [4.69, 9.17) is 18.9 Å². The molecule has 0 fully saturated rings. The Hall–Kier alpha value is -3.16. The quantitative estimate of drug-likeness (QED) is 0.791. The molecule has 26 heavy (non-hydrogen) atoms. The summed E-state index contributed by atoms with van der Waals surface area (Å²) in [5.41, 5.74) is 1.73. The molecule has 0 unspecified atom stereocenters. The molecule has 1 aromatic rings. The van der Waals surface area contributed by atoms with Crippen molar-refractivity contribution in [1.29, 1.82) is 0 Å². The summed E-state index contributed by atoms with van der Waals surface area (Å²) in [6.45, 7) is 7.16. The van der Waals surface area contributed by atoms with Crippen LogP contribution in [0.1, 0.15) is 27.7 Å². The van der Waals surface area contributed by atoms with Crippen molar-refractivity contribution >= 4 is 18.0 Å². The monoisotopic (exact) mass is 362 g/mol. The Morgan fingerprint density at radius 2 is 1.35 bits per heavy atom. The van der Waals surface area contributed by atoms with Crippen LogP contribution in [0.3, 0.4) is 0 Å². The molecular formula is C18H22N2O6. The Morgan fingerprint density at radius 1 is 0.885 bits per heavy atom. The van der Waals surface area contributed by atoms with Gasteiger partial charge in [-0.1, -0.05) is 18.2 Å². The highest BCUT2D eigenvalue weighted by atomic mass is 16.7. The van der Waals surface area contributed by atoms with E-state index in [-0.39, 0.29) is 25.0 Å². The van der Waals surface area contributed by atoms with Crippen molar-refractivity contribution in [3.05, 3.63) is 53.5 Å². The van der Waals surface area contributed by atoms with Crippen molar-refractivity contribution in [1.82, 2.24) is 5.32 Å². The molecule has 0 aromatic heterocycles. The van der Waals surface area contributed by atoms with E-state index < -0.39 is 12.3 Å². The molecular weight excluding hydrogens is 340 g/mol. The van der Waals surface area contributed by atoms with E-state index in [1.165, 1.54) is 4.90 Å². The second kappa shape index (κ2) is 8.80. The third-order valence-corrected chi connectivity index (χ3v) is 3.32. The number of carbonyl (C=O) groups is 2. The third-order valence-electron chi connectivity index (χ3n) is 3.32. The molecule has 1 aliphatic heterocycles. The van der Waals surface area contributed by atoms with Gasteiger partial charge in [0.05, 0.1) is 30.3 Å². The first-order chi connectivity index (χ1) is 12.5. The summed E-state index contributed by atoms with van der Waals surface area (Å²) >= 11 is 0. The van der Waals surface area contributed by atoms with Gasteiger partial charge in [-0.25, -0.2) is 14.5 Å². The maximum Gasteiger partial charge on any atom is 0.515 e. The van der Waals surface area contributed by atoms with E-state index in [1.54, 1.807) is 39.8 Å². The SMILES string of the molecule is CCOC(=O)OC1=C(C)NC(C)=C(OC(=O)OCC)N1c1ccccc1. The summed E-state index contributed by atoms with van der Waals surface area (Å²) in [5, 5.41) is 3.03. The van der Waals surface area contributed by atoms with Gasteiger partial charge in [-0.2, -0.15) is 0 Å². The average molecular weight is 362 g/mol. The van der Waals surface area contributed by atoms with Crippen molar-refractivity contribution in [3.8, 4) is 0 Å². The number of anilines is 1. The number of nitrogens with one attached hydrogen (secondary N) is 1. The maximum atomic E-state index is 11.9. The van der Waals surface area contributed by atoms with Crippen molar-refractivity contribution in [2.75, 3.05) is 18.1 Å². The molecule has 2 rings (SSSR count). The molecule has 0 aliphatic carbocycles. The topological polar surface area (TPSA) is 86.3 Å². The fourth-order valence-electron chi connectivity index (χ4n) is 2.32. The fourth-order valence-corrected chi connectivity index (χ4v) is 2.32. The van der Waals surface area contributed by atoms with Crippen molar-refractivity contribution in [3.63, 3.8) is 0 Å². The summed E-state index contributed by atoms with van der Waals surface area (Å²) in [5.74, 6) is 0.277. The molecule has 8 heteroatoms. The van der Waals surface area contributed by atoms with Gasteiger partial charge in [-0.3, -0.25) is 0 Å². The van der Waals surface area contributed by atoms with Gasteiger partial charge in [0.1, 0.15) is 0 Å². The molecule has 0 bridgehead atoms.